The summed E-state index contributed by atoms with van der Waals surface area (Å²) in [7, 11) is -6.17. The van der Waals surface area contributed by atoms with Crippen molar-refractivity contribution in [3.05, 3.63) is 30.3 Å². The van der Waals surface area contributed by atoms with Crippen molar-refractivity contribution in [1.82, 2.24) is 0 Å². The second-order valence-electron chi connectivity index (χ2n) is 3.99. The van der Waals surface area contributed by atoms with Crippen LogP contribution in [-0.2, 0) is 20.5 Å². The summed E-state index contributed by atoms with van der Waals surface area (Å²) in [5.74, 6) is -0.264. The maximum Gasteiger partial charge on any atom is 0.185 e. The Morgan fingerprint density at radius 1 is 1.12 bits per heavy atom. The van der Waals surface area contributed by atoms with E-state index in [-0.39, 0.29) is 10.6 Å². The Balaban J connectivity index is 2.41. The van der Waals surface area contributed by atoms with Crippen molar-refractivity contribution in [2.24, 2.45) is 0 Å². The zero-order valence-corrected chi connectivity index (χ0v) is 10.2. The van der Waals surface area contributed by atoms with E-state index in [0.717, 1.165) is 0 Å². The first-order valence-corrected chi connectivity index (χ1v) is 7.74. The molecule has 0 saturated heterocycles. The van der Waals surface area contributed by atoms with Crippen LogP contribution in [0.3, 0.4) is 0 Å². The van der Waals surface area contributed by atoms with Crippen molar-refractivity contribution in [3.8, 4) is 0 Å². The first-order chi connectivity index (χ1) is 7.48. The van der Waals surface area contributed by atoms with Crippen LogP contribution in [0, 0.1) is 0 Å². The molecule has 1 fully saturated rings. The quantitative estimate of drug-likeness (QED) is 0.805. The van der Waals surface area contributed by atoms with Gasteiger partial charge in [0.05, 0.1) is 15.4 Å². The Morgan fingerprint density at radius 3 is 2.12 bits per heavy atom. The van der Waals surface area contributed by atoms with Gasteiger partial charge in [0.25, 0.3) is 0 Å². The summed E-state index contributed by atoms with van der Waals surface area (Å²) in [6.45, 7) is 0. The maximum atomic E-state index is 12.2. The van der Waals surface area contributed by atoms with Crippen molar-refractivity contribution in [2.75, 3.05) is 5.75 Å². The van der Waals surface area contributed by atoms with Gasteiger partial charge in [-0.15, -0.1) is 0 Å². The monoisotopic (exact) mass is 260 g/mol. The maximum absolute atomic E-state index is 12.2. The summed E-state index contributed by atoms with van der Waals surface area (Å²) in [4.78, 5) is 0.212. The molecule has 0 bridgehead atoms. The minimum Gasteiger partial charge on any atom is -0.232 e. The lowest BCUT2D eigenvalue weighted by Crippen LogP contribution is -2.28. The predicted molar refractivity (Wildman–Crippen MR) is 60.8 cm³/mol. The molecule has 0 aromatic heterocycles. The summed E-state index contributed by atoms with van der Waals surface area (Å²) < 4.78 is 44.7. The van der Waals surface area contributed by atoms with Crippen LogP contribution in [0.5, 0.6) is 0 Å². The van der Waals surface area contributed by atoms with Gasteiger partial charge in [-0.2, -0.15) is 0 Å². The molecule has 4 nitrogen and oxygen atoms in total. The van der Waals surface area contributed by atoms with Crippen LogP contribution in [-0.4, -0.2) is 27.3 Å². The van der Waals surface area contributed by atoms with Gasteiger partial charge in [-0.25, -0.2) is 16.8 Å². The van der Waals surface area contributed by atoms with Gasteiger partial charge in [0.1, 0.15) is 10.7 Å². The highest BCUT2D eigenvalue weighted by molar-refractivity contribution is 7.94. The molecule has 1 aliphatic carbocycles. The molecule has 1 aliphatic rings. The van der Waals surface area contributed by atoms with Gasteiger partial charge < -0.3 is 0 Å². The van der Waals surface area contributed by atoms with Crippen LogP contribution in [0.1, 0.15) is 12.8 Å². The Kier molecular flexibility index (Phi) is 2.79. The lowest BCUT2D eigenvalue weighted by molar-refractivity contribution is 0.577. The molecule has 1 aromatic rings. The Labute approximate surface area is 96.2 Å². The highest BCUT2D eigenvalue weighted by Gasteiger charge is 2.55. The second kappa shape index (κ2) is 3.85. The molecule has 1 saturated carbocycles. The molecule has 0 heterocycles. The van der Waals surface area contributed by atoms with Crippen molar-refractivity contribution >= 4 is 20.5 Å². The molecule has 0 radical (unpaired) electrons. The molecule has 16 heavy (non-hydrogen) atoms. The molecule has 0 amide bonds. The number of hydrogen-bond acceptors (Lipinski definition) is 4. The Hall–Kier alpha value is -0.880. The van der Waals surface area contributed by atoms with Gasteiger partial charge >= 0.3 is 0 Å². The molecule has 0 atom stereocenters. The van der Waals surface area contributed by atoms with Crippen LogP contribution >= 0.6 is 0 Å². The van der Waals surface area contributed by atoms with E-state index >= 15 is 0 Å². The number of sulfone groups is 1. The van der Waals surface area contributed by atoms with Crippen LogP contribution in [0.2, 0.25) is 0 Å². The number of hydrogen-bond donors (Lipinski definition) is 1. The SMILES string of the molecule is O=[SH](=O)CC1(S(=O)(=O)c2ccccc2)CC1. The first kappa shape index (κ1) is 11.6. The van der Waals surface area contributed by atoms with E-state index in [4.69, 9.17) is 0 Å². The molecule has 0 spiro atoms. The summed E-state index contributed by atoms with van der Waals surface area (Å²) in [6, 6.07) is 8.02. The summed E-state index contributed by atoms with van der Waals surface area (Å²) in [5.41, 5.74) is 0. The van der Waals surface area contributed by atoms with E-state index in [2.05, 4.69) is 0 Å². The van der Waals surface area contributed by atoms with Crippen LogP contribution in [0.15, 0.2) is 35.2 Å². The molecule has 88 valence electrons. The first-order valence-electron chi connectivity index (χ1n) is 4.89. The van der Waals surface area contributed by atoms with E-state index in [0.29, 0.717) is 12.8 Å². The summed E-state index contributed by atoms with van der Waals surface area (Å²) in [6.07, 6.45) is 0.876. The molecule has 1 aromatic carbocycles. The molecule has 2 rings (SSSR count). The van der Waals surface area contributed by atoms with Crippen LogP contribution < -0.4 is 0 Å². The van der Waals surface area contributed by atoms with E-state index in [1.165, 1.54) is 12.1 Å². The largest absolute Gasteiger partial charge is 0.232 e. The van der Waals surface area contributed by atoms with Gasteiger partial charge in [-0.05, 0) is 25.0 Å². The van der Waals surface area contributed by atoms with Crippen LogP contribution in [0.25, 0.3) is 0 Å². The van der Waals surface area contributed by atoms with Gasteiger partial charge in [0, 0.05) is 0 Å². The van der Waals surface area contributed by atoms with Crippen LogP contribution in [0.4, 0.5) is 0 Å². The second-order valence-corrected chi connectivity index (χ2v) is 7.32. The van der Waals surface area contributed by atoms with Crippen molar-refractivity contribution in [3.63, 3.8) is 0 Å². The average Bonchev–Trinajstić information content (AvgIpc) is 2.99. The molecular formula is C10H12O4S2. The third kappa shape index (κ3) is 1.87. The molecule has 6 heteroatoms. The topological polar surface area (TPSA) is 68.3 Å². The minimum atomic E-state index is -3.51. The minimum absolute atomic E-state index is 0.212. The van der Waals surface area contributed by atoms with Crippen molar-refractivity contribution in [1.29, 1.82) is 0 Å². The van der Waals surface area contributed by atoms with E-state index in [1.807, 2.05) is 0 Å². The summed E-state index contributed by atoms with van der Waals surface area (Å²) in [5, 5.41) is 0. The Morgan fingerprint density at radius 2 is 1.69 bits per heavy atom. The molecule has 0 unspecified atom stereocenters. The summed E-state index contributed by atoms with van der Waals surface area (Å²) >= 11 is 0. The van der Waals surface area contributed by atoms with E-state index in [1.54, 1.807) is 18.2 Å². The predicted octanol–water partition coefficient (Wildman–Crippen LogP) is 0.604. The fraction of sp³-hybridized carbons (Fsp3) is 0.400. The van der Waals surface area contributed by atoms with E-state index < -0.39 is 25.3 Å². The molecule has 0 aliphatic heterocycles. The number of benzene rings is 1. The Bertz CT molecular complexity index is 546. The van der Waals surface area contributed by atoms with Gasteiger partial charge in [-0.3, -0.25) is 0 Å². The van der Waals surface area contributed by atoms with Crippen molar-refractivity contribution in [2.45, 2.75) is 22.5 Å². The average molecular weight is 260 g/mol. The normalized spacial score (nSPS) is 18.6. The highest BCUT2D eigenvalue weighted by atomic mass is 32.2. The lowest BCUT2D eigenvalue weighted by atomic mass is 10.4. The standard InChI is InChI=1S/C10H12O4S2/c11-15(12)8-10(6-7-10)16(13,14)9-4-2-1-3-5-9/h1-5,15H,6-8H2. The zero-order valence-electron chi connectivity index (χ0n) is 8.50. The fourth-order valence-electron chi connectivity index (χ4n) is 1.74. The van der Waals surface area contributed by atoms with Gasteiger partial charge in [0.15, 0.2) is 9.84 Å². The third-order valence-electron chi connectivity index (χ3n) is 2.85. The van der Waals surface area contributed by atoms with Crippen molar-refractivity contribution < 1.29 is 16.8 Å². The van der Waals surface area contributed by atoms with Gasteiger partial charge in [0.2, 0.25) is 0 Å². The fourth-order valence-corrected chi connectivity index (χ4v) is 5.17. The third-order valence-corrected chi connectivity index (χ3v) is 6.51. The number of thiol groups is 1. The molecular weight excluding hydrogens is 248 g/mol. The molecule has 0 N–H and O–H groups in total. The lowest BCUT2D eigenvalue weighted by Gasteiger charge is -2.12. The van der Waals surface area contributed by atoms with Gasteiger partial charge in [-0.1, -0.05) is 18.2 Å². The zero-order chi connectivity index (χ0) is 11.8. The highest BCUT2D eigenvalue weighted by Crippen LogP contribution is 2.46. The van der Waals surface area contributed by atoms with E-state index in [9.17, 15) is 16.8 Å². The number of rotatable bonds is 4. The smallest absolute Gasteiger partial charge is 0.185 e.